The molecule has 0 radical (unpaired) electrons. The Balaban J connectivity index is 1.27. The molecule has 0 N–H and O–H groups in total. The fraction of sp³-hybridized carbons (Fsp3) is 0.526. The molecule has 0 spiro atoms. The van der Waals surface area contributed by atoms with E-state index in [2.05, 4.69) is 39.4 Å². The van der Waals surface area contributed by atoms with Gasteiger partial charge in [-0.3, -0.25) is 14.6 Å². The van der Waals surface area contributed by atoms with Gasteiger partial charge in [-0.1, -0.05) is 18.2 Å². The van der Waals surface area contributed by atoms with Crippen LogP contribution in [0.3, 0.4) is 0 Å². The van der Waals surface area contributed by atoms with Gasteiger partial charge in [-0.15, -0.1) is 11.3 Å². The second-order valence-corrected chi connectivity index (χ2v) is 7.71. The number of ether oxygens (including phenoxy) is 1. The van der Waals surface area contributed by atoms with E-state index in [-0.39, 0.29) is 5.91 Å². The van der Waals surface area contributed by atoms with Gasteiger partial charge in [-0.25, -0.2) is 0 Å². The van der Waals surface area contributed by atoms with Crippen LogP contribution in [0.25, 0.3) is 10.1 Å². The Morgan fingerprint density at radius 2 is 1.72 bits per heavy atom. The molecule has 134 valence electrons. The smallest absolute Gasteiger partial charge is 0.236 e. The quantitative estimate of drug-likeness (QED) is 0.835. The molecule has 0 aliphatic carbocycles. The number of carbonyl (C=O) groups is 1. The first-order chi connectivity index (χ1) is 12.3. The molecule has 0 unspecified atom stereocenters. The molecule has 25 heavy (non-hydrogen) atoms. The highest BCUT2D eigenvalue weighted by Gasteiger charge is 2.23. The topological polar surface area (TPSA) is 36.0 Å². The maximum absolute atomic E-state index is 12.4. The zero-order chi connectivity index (χ0) is 17.1. The Morgan fingerprint density at radius 1 is 1.00 bits per heavy atom. The molecule has 0 bridgehead atoms. The molecule has 6 heteroatoms. The predicted octanol–water partition coefficient (Wildman–Crippen LogP) is 1.88. The number of morpholine rings is 1. The van der Waals surface area contributed by atoms with Crippen molar-refractivity contribution >= 4 is 27.3 Å². The Morgan fingerprint density at radius 3 is 2.52 bits per heavy atom. The number of thiophene rings is 1. The molecular formula is C19H25N3O2S. The Bertz CT molecular complexity index is 718. The minimum atomic E-state index is 0.251. The summed E-state index contributed by atoms with van der Waals surface area (Å²) in [4.78, 5) is 19.1. The van der Waals surface area contributed by atoms with Crippen LogP contribution >= 0.6 is 11.3 Å². The van der Waals surface area contributed by atoms with Crippen molar-refractivity contribution in [2.45, 2.75) is 6.54 Å². The number of carbonyl (C=O) groups excluding carboxylic acids is 1. The SMILES string of the molecule is O=C(CN1CCN(Cc2csc3ccccc23)CC1)N1CCOCC1. The maximum Gasteiger partial charge on any atom is 0.236 e. The summed E-state index contributed by atoms with van der Waals surface area (Å²) >= 11 is 1.83. The van der Waals surface area contributed by atoms with Crippen molar-refractivity contribution in [1.82, 2.24) is 14.7 Å². The average molecular weight is 359 g/mol. The molecule has 1 amide bonds. The van der Waals surface area contributed by atoms with Gasteiger partial charge in [-0.05, 0) is 22.4 Å². The molecule has 2 saturated heterocycles. The van der Waals surface area contributed by atoms with Gasteiger partial charge in [0, 0.05) is 50.5 Å². The van der Waals surface area contributed by atoms with Crippen molar-refractivity contribution in [3.8, 4) is 0 Å². The van der Waals surface area contributed by atoms with E-state index in [1.165, 1.54) is 15.6 Å². The fourth-order valence-corrected chi connectivity index (χ4v) is 4.56. The lowest BCUT2D eigenvalue weighted by Gasteiger charge is -2.36. The van der Waals surface area contributed by atoms with E-state index in [0.717, 1.165) is 45.8 Å². The maximum atomic E-state index is 12.4. The zero-order valence-electron chi connectivity index (χ0n) is 14.5. The van der Waals surface area contributed by atoms with Gasteiger partial charge in [0.05, 0.1) is 19.8 Å². The second-order valence-electron chi connectivity index (χ2n) is 6.80. The third-order valence-electron chi connectivity index (χ3n) is 5.14. The van der Waals surface area contributed by atoms with Crippen LogP contribution in [0.4, 0.5) is 0 Å². The monoisotopic (exact) mass is 359 g/mol. The molecule has 1 aromatic heterocycles. The number of piperazine rings is 1. The second kappa shape index (κ2) is 7.83. The van der Waals surface area contributed by atoms with E-state index in [9.17, 15) is 4.79 Å². The summed E-state index contributed by atoms with van der Waals surface area (Å²) in [5, 5.41) is 3.68. The lowest BCUT2D eigenvalue weighted by atomic mass is 10.1. The fourth-order valence-electron chi connectivity index (χ4n) is 3.61. The van der Waals surface area contributed by atoms with Crippen LogP contribution in [0.1, 0.15) is 5.56 Å². The summed E-state index contributed by atoms with van der Waals surface area (Å²) in [6.45, 7) is 8.39. The van der Waals surface area contributed by atoms with E-state index in [0.29, 0.717) is 19.8 Å². The Kier molecular flexibility index (Phi) is 5.31. The zero-order valence-corrected chi connectivity index (χ0v) is 15.3. The largest absolute Gasteiger partial charge is 0.378 e. The van der Waals surface area contributed by atoms with E-state index in [1.807, 2.05) is 16.2 Å². The number of amides is 1. The number of benzene rings is 1. The van der Waals surface area contributed by atoms with Crippen LogP contribution in [-0.4, -0.2) is 79.6 Å². The Hall–Kier alpha value is -1.47. The number of rotatable bonds is 4. The molecule has 2 fully saturated rings. The van der Waals surface area contributed by atoms with Crippen LogP contribution in [0.5, 0.6) is 0 Å². The molecule has 0 atom stereocenters. The number of fused-ring (bicyclic) bond motifs is 1. The molecule has 2 aliphatic rings. The number of hydrogen-bond acceptors (Lipinski definition) is 5. The van der Waals surface area contributed by atoms with Gasteiger partial charge in [0.15, 0.2) is 0 Å². The molecule has 2 aliphatic heterocycles. The van der Waals surface area contributed by atoms with E-state index < -0.39 is 0 Å². The highest BCUT2D eigenvalue weighted by Crippen LogP contribution is 2.26. The van der Waals surface area contributed by atoms with Crippen LogP contribution in [0.15, 0.2) is 29.6 Å². The molecule has 3 heterocycles. The first kappa shape index (κ1) is 17.0. The first-order valence-corrected chi connectivity index (χ1v) is 9.93. The minimum Gasteiger partial charge on any atom is -0.378 e. The molecule has 5 nitrogen and oxygen atoms in total. The summed E-state index contributed by atoms with van der Waals surface area (Å²) in [5.41, 5.74) is 1.43. The molecule has 1 aromatic carbocycles. The summed E-state index contributed by atoms with van der Waals surface area (Å²) in [6, 6.07) is 8.64. The number of nitrogens with zero attached hydrogens (tertiary/aromatic N) is 3. The third kappa shape index (κ3) is 4.03. The summed E-state index contributed by atoms with van der Waals surface area (Å²) in [5.74, 6) is 0.251. The van der Waals surface area contributed by atoms with Crippen LogP contribution in [0.2, 0.25) is 0 Å². The van der Waals surface area contributed by atoms with Crippen LogP contribution < -0.4 is 0 Å². The van der Waals surface area contributed by atoms with Crippen LogP contribution in [-0.2, 0) is 16.1 Å². The van der Waals surface area contributed by atoms with Crippen LogP contribution in [0, 0.1) is 0 Å². The Labute approximate surface area is 152 Å². The molecular weight excluding hydrogens is 334 g/mol. The van der Waals surface area contributed by atoms with Gasteiger partial charge in [0.2, 0.25) is 5.91 Å². The van der Waals surface area contributed by atoms with E-state index in [1.54, 1.807) is 0 Å². The van der Waals surface area contributed by atoms with Crippen molar-refractivity contribution in [3.05, 3.63) is 35.2 Å². The van der Waals surface area contributed by atoms with Crippen molar-refractivity contribution in [2.75, 3.05) is 59.0 Å². The molecule has 4 rings (SSSR count). The summed E-state index contributed by atoms with van der Waals surface area (Å²) in [6.07, 6.45) is 0. The number of hydrogen-bond donors (Lipinski definition) is 0. The van der Waals surface area contributed by atoms with Gasteiger partial charge in [0.25, 0.3) is 0 Å². The lowest BCUT2D eigenvalue weighted by molar-refractivity contribution is -0.136. The van der Waals surface area contributed by atoms with E-state index >= 15 is 0 Å². The predicted molar refractivity (Wildman–Crippen MR) is 101 cm³/mol. The third-order valence-corrected chi connectivity index (χ3v) is 6.15. The first-order valence-electron chi connectivity index (χ1n) is 9.05. The van der Waals surface area contributed by atoms with Crippen molar-refractivity contribution < 1.29 is 9.53 Å². The minimum absolute atomic E-state index is 0.251. The van der Waals surface area contributed by atoms with E-state index in [4.69, 9.17) is 4.74 Å². The average Bonchev–Trinajstić information content (AvgIpc) is 3.07. The van der Waals surface area contributed by atoms with Gasteiger partial charge < -0.3 is 9.64 Å². The lowest BCUT2D eigenvalue weighted by Crippen LogP contribution is -2.51. The highest BCUT2D eigenvalue weighted by atomic mass is 32.1. The standard InChI is InChI=1S/C19H25N3O2S/c23-19(22-9-11-24-12-10-22)14-21-7-5-20(6-8-21)13-16-15-25-18-4-2-1-3-17(16)18/h1-4,15H,5-14H2. The molecule has 2 aromatic rings. The van der Waals surface area contributed by atoms with Gasteiger partial charge >= 0.3 is 0 Å². The van der Waals surface area contributed by atoms with Crippen molar-refractivity contribution in [2.24, 2.45) is 0 Å². The van der Waals surface area contributed by atoms with Gasteiger partial charge in [-0.2, -0.15) is 0 Å². The normalized spacial score (nSPS) is 20.2. The highest BCUT2D eigenvalue weighted by molar-refractivity contribution is 7.17. The summed E-state index contributed by atoms with van der Waals surface area (Å²) in [7, 11) is 0. The molecule has 0 saturated carbocycles. The van der Waals surface area contributed by atoms with Gasteiger partial charge in [0.1, 0.15) is 0 Å². The summed E-state index contributed by atoms with van der Waals surface area (Å²) < 4.78 is 6.69. The van der Waals surface area contributed by atoms with Crippen molar-refractivity contribution in [3.63, 3.8) is 0 Å². The van der Waals surface area contributed by atoms with Crippen molar-refractivity contribution in [1.29, 1.82) is 0 Å².